The molecule has 6 aromatic rings. The number of halogens is 2. The van der Waals surface area contributed by atoms with Crippen LogP contribution in [0.25, 0.3) is 22.5 Å². The minimum atomic E-state index is -1.17. The molecule has 0 amide bonds. The average molecular weight is 1160 g/mol. The molecule has 2 aliphatic heterocycles. The van der Waals surface area contributed by atoms with Gasteiger partial charge in [-0.3, -0.25) is 19.9 Å². The number of carboxylic acid groups (broad SMARTS) is 2. The van der Waals surface area contributed by atoms with Crippen molar-refractivity contribution in [3.63, 3.8) is 0 Å². The van der Waals surface area contributed by atoms with Crippen molar-refractivity contribution in [3.8, 4) is 34.0 Å². The first kappa shape index (κ1) is 63.3. The SMILES string of the molecule is Cc1cccc(Cl)c1[C@@H](C)Oc1ccc(-c2cnc(C)c([C@H](OC(C)(C)C)C(=O)O)c2N2CCC(C)(C)CC2)nc1.Cc1cccc(Cl)c1[C@H](C)Oc1ccc(-c2cnc(C)c([C@H](OC(C)(C)C)C(=O)O)c2N2CCC(C)(C)CC2)nc1. The number of pyridine rings is 4. The lowest BCUT2D eigenvalue weighted by atomic mass is 9.82. The van der Waals surface area contributed by atoms with Crippen molar-refractivity contribution in [2.24, 2.45) is 10.8 Å². The number of carboxylic acids is 2. The number of rotatable bonds is 16. The number of hydrogen-bond acceptors (Lipinski definition) is 12. The van der Waals surface area contributed by atoms with Gasteiger partial charge < -0.3 is 39.0 Å². The van der Waals surface area contributed by atoms with Gasteiger partial charge in [-0.05, 0) is 167 Å². The molecule has 14 nitrogen and oxygen atoms in total. The third-order valence-corrected chi connectivity index (χ3v) is 16.0. The maximum Gasteiger partial charge on any atom is 0.337 e. The Balaban J connectivity index is 0.000000236. The topological polar surface area (TPSA) is 170 Å². The zero-order valence-corrected chi connectivity index (χ0v) is 52.3. The van der Waals surface area contributed by atoms with E-state index >= 15 is 0 Å². The van der Waals surface area contributed by atoms with Crippen LogP contribution in [-0.4, -0.2) is 79.5 Å². The van der Waals surface area contributed by atoms with E-state index in [1.807, 2.05) is 144 Å². The van der Waals surface area contributed by atoms with Crippen LogP contribution < -0.4 is 19.3 Å². The van der Waals surface area contributed by atoms with E-state index in [0.717, 1.165) is 96.6 Å². The number of aliphatic carboxylic acids is 2. The Morgan fingerprint density at radius 3 is 1.15 bits per heavy atom. The van der Waals surface area contributed by atoms with Gasteiger partial charge in [0, 0.05) is 93.4 Å². The van der Waals surface area contributed by atoms with E-state index < -0.39 is 35.3 Å². The summed E-state index contributed by atoms with van der Waals surface area (Å²) in [5.74, 6) is -0.856. The van der Waals surface area contributed by atoms with Crippen molar-refractivity contribution in [1.82, 2.24) is 19.9 Å². The summed E-state index contributed by atoms with van der Waals surface area (Å²) < 4.78 is 24.7. The van der Waals surface area contributed by atoms with E-state index in [-0.39, 0.29) is 23.0 Å². The molecule has 2 saturated heterocycles. The number of anilines is 2. The monoisotopic (exact) mass is 1160 g/mol. The Bertz CT molecular complexity index is 2950. The molecule has 0 radical (unpaired) electrons. The van der Waals surface area contributed by atoms with E-state index in [1.165, 1.54) is 0 Å². The lowest BCUT2D eigenvalue weighted by Gasteiger charge is -2.40. The number of aryl methyl sites for hydroxylation is 4. The van der Waals surface area contributed by atoms with Crippen LogP contribution in [0.2, 0.25) is 10.0 Å². The number of carbonyl (C=O) groups is 2. The maximum absolute atomic E-state index is 12.6. The van der Waals surface area contributed by atoms with Crippen LogP contribution in [0.5, 0.6) is 11.5 Å². The Kier molecular flexibility index (Phi) is 19.8. The molecule has 0 spiro atoms. The average Bonchev–Trinajstić information content (AvgIpc) is 2.73. The van der Waals surface area contributed by atoms with Crippen LogP contribution in [0.1, 0.15) is 178 Å². The van der Waals surface area contributed by atoms with Crippen molar-refractivity contribution in [3.05, 3.63) is 140 Å². The third-order valence-electron chi connectivity index (χ3n) is 15.4. The zero-order valence-electron chi connectivity index (χ0n) is 50.8. The van der Waals surface area contributed by atoms with Gasteiger partial charge >= 0.3 is 11.9 Å². The highest BCUT2D eigenvalue weighted by Gasteiger charge is 2.38. The molecule has 4 aromatic heterocycles. The Morgan fingerprint density at radius 1 is 0.524 bits per heavy atom. The smallest absolute Gasteiger partial charge is 0.337 e. The van der Waals surface area contributed by atoms with Gasteiger partial charge in [0.1, 0.15) is 23.7 Å². The highest BCUT2D eigenvalue weighted by molar-refractivity contribution is 6.31. The lowest BCUT2D eigenvalue weighted by Crippen LogP contribution is -2.39. The number of aromatic nitrogens is 4. The number of benzene rings is 2. The first-order valence-electron chi connectivity index (χ1n) is 28.4. The predicted molar refractivity (Wildman–Crippen MR) is 328 cm³/mol. The summed E-state index contributed by atoms with van der Waals surface area (Å²) in [6, 6.07) is 19.2. The third kappa shape index (κ3) is 15.7. The fraction of sp³-hybridized carbons (Fsp3) is 0.485. The Morgan fingerprint density at radius 2 is 0.866 bits per heavy atom. The molecule has 4 atom stereocenters. The maximum atomic E-state index is 12.6. The van der Waals surface area contributed by atoms with Gasteiger partial charge in [0.05, 0.1) is 46.4 Å². The Labute approximate surface area is 495 Å². The fourth-order valence-electron chi connectivity index (χ4n) is 10.8. The summed E-state index contributed by atoms with van der Waals surface area (Å²) in [7, 11) is 0. The van der Waals surface area contributed by atoms with Gasteiger partial charge in [-0.1, -0.05) is 75.2 Å². The molecule has 0 saturated carbocycles. The van der Waals surface area contributed by atoms with Crippen LogP contribution in [-0.2, 0) is 19.1 Å². The Hall–Kier alpha value is -6.32. The number of ether oxygens (including phenoxy) is 4. The fourth-order valence-corrected chi connectivity index (χ4v) is 11.6. The summed E-state index contributed by atoms with van der Waals surface area (Å²) in [5, 5.41) is 22.0. The number of piperidine rings is 2. The second kappa shape index (κ2) is 25.7. The van der Waals surface area contributed by atoms with Gasteiger partial charge in [-0.15, -0.1) is 0 Å². The molecule has 16 heteroatoms. The second-order valence-corrected chi connectivity index (χ2v) is 26.3. The molecule has 2 aliphatic rings. The molecular formula is C66H84Cl2N6O8. The van der Waals surface area contributed by atoms with Gasteiger partial charge in [-0.2, -0.15) is 0 Å². The van der Waals surface area contributed by atoms with E-state index in [1.54, 1.807) is 24.8 Å². The first-order chi connectivity index (χ1) is 38.3. The van der Waals surface area contributed by atoms with E-state index in [2.05, 4.69) is 47.5 Å². The highest BCUT2D eigenvalue weighted by Crippen LogP contribution is 2.46. The number of hydrogen-bond donors (Lipinski definition) is 2. The molecule has 2 fully saturated rings. The summed E-state index contributed by atoms with van der Waals surface area (Å²) in [5.41, 5.74) is 10.1. The molecule has 6 heterocycles. The normalized spacial score (nSPS) is 16.8. The molecule has 0 aliphatic carbocycles. The second-order valence-electron chi connectivity index (χ2n) is 25.5. The first-order valence-corrected chi connectivity index (χ1v) is 29.2. The molecular weight excluding hydrogens is 1080 g/mol. The van der Waals surface area contributed by atoms with Crippen molar-refractivity contribution >= 4 is 46.5 Å². The molecule has 2 N–H and O–H groups in total. The quantitative estimate of drug-likeness (QED) is 0.0938. The van der Waals surface area contributed by atoms with Gasteiger partial charge in [0.25, 0.3) is 0 Å². The van der Waals surface area contributed by atoms with Gasteiger partial charge in [-0.25, -0.2) is 9.59 Å². The minimum absolute atomic E-state index is 0.223. The molecule has 0 bridgehead atoms. The van der Waals surface area contributed by atoms with E-state index in [4.69, 9.17) is 52.1 Å². The summed E-state index contributed by atoms with van der Waals surface area (Å²) in [6.07, 6.45) is 8.08. The molecule has 440 valence electrons. The summed E-state index contributed by atoms with van der Waals surface area (Å²) in [6.45, 7) is 35.2. The molecule has 0 unspecified atom stereocenters. The molecule has 82 heavy (non-hydrogen) atoms. The molecule has 2 aromatic carbocycles. The van der Waals surface area contributed by atoms with Crippen LogP contribution in [0, 0.1) is 38.5 Å². The largest absolute Gasteiger partial charge is 0.484 e. The van der Waals surface area contributed by atoms with Crippen molar-refractivity contribution in [1.29, 1.82) is 0 Å². The number of nitrogens with zero attached hydrogens (tertiary/aromatic N) is 6. The summed E-state index contributed by atoms with van der Waals surface area (Å²) in [4.78, 5) is 48.6. The van der Waals surface area contributed by atoms with Crippen molar-refractivity contribution < 1.29 is 38.7 Å². The predicted octanol–water partition coefficient (Wildman–Crippen LogP) is 16.2. The lowest BCUT2D eigenvalue weighted by molar-refractivity contribution is -0.161. The van der Waals surface area contributed by atoms with Crippen molar-refractivity contribution in [2.75, 3.05) is 36.0 Å². The van der Waals surface area contributed by atoms with Crippen LogP contribution in [0.4, 0.5) is 11.4 Å². The minimum Gasteiger partial charge on any atom is -0.484 e. The van der Waals surface area contributed by atoms with Crippen LogP contribution in [0.3, 0.4) is 0 Å². The standard InChI is InChI=1S/2C33H42ClN3O4/c2*1-20-10-9-11-25(34)27(20)22(3)40-23-12-13-26(36-18-23)24-19-35-21(2)28(30(31(38)39)41-32(4,5)6)29(24)37-16-14-33(7,8)15-17-37/h2*9-13,18-19,22,30H,14-17H2,1-8H3,(H,38,39)/t22-,30+;22-,30-/m10/s1. The summed E-state index contributed by atoms with van der Waals surface area (Å²) >= 11 is 12.9. The van der Waals surface area contributed by atoms with Gasteiger partial charge in [0.2, 0.25) is 0 Å². The van der Waals surface area contributed by atoms with E-state index in [9.17, 15) is 19.8 Å². The van der Waals surface area contributed by atoms with Crippen LogP contribution in [0.15, 0.2) is 85.5 Å². The van der Waals surface area contributed by atoms with Crippen LogP contribution >= 0.6 is 23.2 Å². The van der Waals surface area contributed by atoms with Crippen molar-refractivity contribution in [2.45, 2.75) is 172 Å². The highest BCUT2D eigenvalue weighted by atomic mass is 35.5. The molecule has 8 rings (SSSR count). The van der Waals surface area contributed by atoms with Gasteiger partial charge in [0.15, 0.2) is 12.2 Å². The zero-order chi connectivity index (χ0) is 60.2. The van der Waals surface area contributed by atoms with E-state index in [0.29, 0.717) is 55.4 Å².